The number of rotatable bonds is 8. The van der Waals surface area contributed by atoms with Crippen LogP contribution in [0.2, 0.25) is 0 Å². The molecule has 33 heavy (non-hydrogen) atoms. The summed E-state index contributed by atoms with van der Waals surface area (Å²) in [6.45, 7) is 5.65. The monoisotopic (exact) mass is 465 g/mol. The Balaban J connectivity index is 1.50. The van der Waals surface area contributed by atoms with E-state index in [4.69, 9.17) is 4.52 Å². The topological polar surface area (TPSA) is 101 Å². The molecule has 8 heteroatoms. The third-order valence-corrected chi connectivity index (χ3v) is 7.05. The van der Waals surface area contributed by atoms with E-state index >= 15 is 0 Å². The molecular formula is C25H27N3O4S. The second-order valence-electron chi connectivity index (χ2n) is 8.24. The van der Waals surface area contributed by atoms with Gasteiger partial charge in [-0.25, -0.2) is 8.42 Å². The summed E-state index contributed by atoms with van der Waals surface area (Å²) in [7, 11) is -3.72. The molecule has 0 unspecified atom stereocenters. The van der Waals surface area contributed by atoms with Crippen LogP contribution in [0.25, 0.3) is 12.2 Å². The largest absolute Gasteiger partial charge is 0.354 e. The molecule has 0 bridgehead atoms. The van der Waals surface area contributed by atoms with Crippen molar-refractivity contribution in [1.82, 2.24) is 5.16 Å². The maximum atomic E-state index is 12.9. The molecule has 0 spiro atoms. The molecule has 172 valence electrons. The summed E-state index contributed by atoms with van der Waals surface area (Å²) in [5, 5.41) is 6.83. The van der Waals surface area contributed by atoms with Gasteiger partial charge in [-0.3, -0.25) is 9.52 Å². The van der Waals surface area contributed by atoms with Crippen LogP contribution in [0.5, 0.6) is 0 Å². The summed E-state index contributed by atoms with van der Waals surface area (Å²) >= 11 is 0. The second kappa shape index (κ2) is 9.23. The van der Waals surface area contributed by atoms with E-state index in [2.05, 4.69) is 15.2 Å². The van der Waals surface area contributed by atoms with Crippen molar-refractivity contribution in [1.29, 1.82) is 0 Å². The maximum Gasteiger partial charge on any atom is 0.261 e. The van der Waals surface area contributed by atoms with E-state index in [9.17, 15) is 13.2 Å². The van der Waals surface area contributed by atoms with E-state index < -0.39 is 10.0 Å². The molecule has 1 saturated carbocycles. The van der Waals surface area contributed by atoms with Crippen molar-refractivity contribution in [2.75, 3.05) is 10.0 Å². The highest BCUT2D eigenvalue weighted by molar-refractivity contribution is 7.92. The molecule has 0 atom stereocenters. The van der Waals surface area contributed by atoms with E-state index in [0.29, 0.717) is 22.8 Å². The van der Waals surface area contributed by atoms with Gasteiger partial charge < -0.3 is 9.84 Å². The number of carbonyl (C=O) groups excluding carboxylic acids is 1. The number of nitrogens with zero attached hydrogens (tertiary/aromatic N) is 1. The first-order valence-electron chi connectivity index (χ1n) is 10.9. The minimum atomic E-state index is -3.72. The Bertz CT molecular complexity index is 1300. The van der Waals surface area contributed by atoms with Crippen molar-refractivity contribution in [3.63, 3.8) is 0 Å². The molecule has 4 rings (SSSR count). The van der Waals surface area contributed by atoms with Crippen LogP contribution in [0.3, 0.4) is 0 Å². The predicted octanol–water partition coefficient (Wildman–Crippen LogP) is 5.17. The predicted molar refractivity (Wildman–Crippen MR) is 129 cm³/mol. The lowest BCUT2D eigenvalue weighted by molar-refractivity contribution is -0.117. The summed E-state index contributed by atoms with van der Waals surface area (Å²) < 4.78 is 33.9. The van der Waals surface area contributed by atoms with E-state index in [1.165, 1.54) is 0 Å². The number of benzene rings is 2. The Labute approximate surface area is 193 Å². The molecule has 2 N–H and O–H groups in total. The van der Waals surface area contributed by atoms with Crippen LogP contribution in [-0.4, -0.2) is 19.5 Å². The van der Waals surface area contributed by atoms with Crippen molar-refractivity contribution < 1.29 is 17.7 Å². The van der Waals surface area contributed by atoms with Gasteiger partial charge in [-0.2, -0.15) is 0 Å². The summed E-state index contributed by atoms with van der Waals surface area (Å²) in [4.78, 5) is 12.3. The molecular weight excluding hydrogens is 438 g/mol. The number of aromatic nitrogens is 1. The number of aryl methyl sites for hydroxylation is 3. The lowest BCUT2D eigenvalue weighted by Crippen LogP contribution is -2.15. The first-order valence-corrected chi connectivity index (χ1v) is 12.4. The van der Waals surface area contributed by atoms with Crippen molar-refractivity contribution >= 4 is 39.5 Å². The van der Waals surface area contributed by atoms with Crippen molar-refractivity contribution in [2.45, 2.75) is 44.9 Å². The standard InChI is InChI=1S/C25H27N3O4S/c1-4-19-7-5-6-16(2)23(19)28-33(30,31)21-13-8-18(9-14-21)10-15-22-24(17(3)27-32-22)26-25(29)20-11-12-20/h5-10,13-15,20,28H,4,11-12H2,1-3H3,(H,26,29). The number of carbonyl (C=O) groups is 1. The molecule has 2 aromatic carbocycles. The molecule has 0 aliphatic heterocycles. The van der Waals surface area contributed by atoms with E-state index in [-0.39, 0.29) is 16.7 Å². The van der Waals surface area contributed by atoms with Crippen molar-refractivity contribution in [2.24, 2.45) is 5.92 Å². The fraction of sp³-hybridized carbons (Fsp3) is 0.280. The molecule has 1 aromatic heterocycles. The van der Waals surface area contributed by atoms with Gasteiger partial charge in [0.05, 0.1) is 10.6 Å². The van der Waals surface area contributed by atoms with E-state index in [1.807, 2.05) is 32.0 Å². The number of amides is 1. The van der Waals surface area contributed by atoms with Crippen LogP contribution in [0, 0.1) is 19.8 Å². The summed E-state index contributed by atoms with van der Waals surface area (Å²) in [5.74, 6) is 0.511. The van der Waals surface area contributed by atoms with Crippen LogP contribution in [0.4, 0.5) is 11.4 Å². The third-order valence-electron chi connectivity index (χ3n) is 5.68. The molecule has 1 amide bonds. The number of para-hydroxylation sites is 1. The quantitative estimate of drug-likeness (QED) is 0.478. The van der Waals surface area contributed by atoms with E-state index in [1.54, 1.807) is 43.3 Å². The number of nitrogens with one attached hydrogen (secondary N) is 2. The van der Waals surface area contributed by atoms with Crippen LogP contribution < -0.4 is 10.0 Å². The van der Waals surface area contributed by atoms with Gasteiger partial charge in [-0.15, -0.1) is 0 Å². The van der Waals surface area contributed by atoms with Gasteiger partial charge in [0, 0.05) is 5.92 Å². The van der Waals surface area contributed by atoms with Gasteiger partial charge in [0.1, 0.15) is 11.4 Å². The average Bonchev–Trinajstić information content (AvgIpc) is 3.59. The van der Waals surface area contributed by atoms with Gasteiger partial charge in [0.25, 0.3) is 10.0 Å². The van der Waals surface area contributed by atoms with Crippen molar-refractivity contribution in [3.8, 4) is 0 Å². The van der Waals surface area contributed by atoms with Gasteiger partial charge in [-0.05, 0) is 68.0 Å². The molecule has 1 aliphatic rings. The van der Waals surface area contributed by atoms with Crippen molar-refractivity contribution in [3.05, 3.63) is 70.6 Å². The first-order chi connectivity index (χ1) is 15.8. The average molecular weight is 466 g/mol. The lowest BCUT2D eigenvalue weighted by atomic mass is 10.1. The number of sulfonamides is 1. The molecule has 1 heterocycles. The normalized spacial score (nSPS) is 13.9. The zero-order valence-electron chi connectivity index (χ0n) is 18.9. The summed E-state index contributed by atoms with van der Waals surface area (Å²) in [5.41, 5.74) is 4.42. The highest BCUT2D eigenvalue weighted by atomic mass is 32.2. The zero-order valence-corrected chi connectivity index (χ0v) is 19.7. The first kappa shape index (κ1) is 22.8. The zero-order chi connectivity index (χ0) is 23.6. The highest BCUT2D eigenvalue weighted by Gasteiger charge is 2.30. The van der Waals surface area contributed by atoms with Crippen LogP contribution in [-0.2, 0) is 21.2 Å². The molecule has 1 aliphatic carbocycles. The Hall–Kier alpha value is -3.39. The van der Waals surface area contributed by atoms with Crippen LogP contribution in [0.15, 0.2) is 51.9 Å². The highest BCUT2D eigenvalue weighted by Crippen LogP contribution is 2.32. The third kappa shape index (κ3) is 5.17. The SMILES string of the molecule is CCc1cccc(C)c1NS(=O)(=O)c1ccc(C=Cc2onc(C)c2NC(=O)C2CC2)cc1. The summed E-state index contributed by atoms with van der Waals surface area (Å²) in [6, 6.07) is 12.3. The molecule has 0 radical (unpaired) electrons. The fourth-order valence-corrected chi connectivity index (χ4v) is 4.69. The Morgan fingerprint density at radius 3 is 2.48 bits per heavy atom. The molecule has 3 aromatic rings. The van der Waals surface area contributed by atoms with Crippen LogP contribution in [0.1, 0.15) is 47.9 Å². The Morgan fingerprint density at radius 2 is 1.82 bits per heavy atom. The molecule has 1 fully saturated rings. The lowest BCUT2D eigenvalue weighted by Gasteiger charge is -2.14. The maximum absolute atomic E-state index is 12.9. The number of anilines is 2. The number of hydrogen-bond donors (Lipinski definition) is 2. The number of hydrogen-bond acceptors (Lipinski definition) is 5. The van der Waals surface area contributed by atoms with E-state index in [0.717, 1.165) is 36.0 Å². The Morgan fingerprint density at radius 1 is 1.09 bits per heavy atom. The smallest absolute Gasteiger partial charge is 0.261 e. The second-order valence-corrected chi connectivity index (χ2v) is 9.92. The minimum Gasteiger partial charge on any atom is -0.354 e. The fourth-order valence-electron chi connectivity index (χ4n) is 3.52. The minimum absolute atomic E-state index is 0.0158. The molecule has 7 nitrogen and oxygen atoms in total. The van der Waals surface area contributed by atoms with Gasteiger partial charge in [0.15, 0.2) is 5.76 Å². The summed E-state index contributed by atoms with van der Waals surface area (Å²) in [6.07, 6.45) is 6.05. The van der Waals surface area contributed by atoms with Gasteiger partial charge in [0.2, 0.25) is 5.91 Å². The van der Waals surface area contributed by atoms with Crippen LogP contribution >= 0.6 is 0 Å². The van der Waals surface area contributed by atoms with Gasteiger partial charge in [-0.1, -0.05) is 48.5 Å². The molecule has 0 saturated heterocycles. The van der Waals surface area contributed by atoms with Gasteiger partial charge >= 0.3 is 0 Å². The Kier molecular flexibility index (Phi) is 6.37.